The number of pyridine rings is 2. The molecule has 10 aromatic rings. The number of hydrogen-bond acceptors (Lipinski definition) is 2. The van der Waals surface area contributed by atoms with Gasteiger partial charge in [0.05, 0.1) is 22.1 Å². The molecule has 0 amide bonds. The fraction of sp³-hybridized carbons (Fsp3) is 0. The van der Waals surface area contributed by atoms with Crippen LogP contribution in [0.1, 0.15) is 0 Å². The molecule has 0 spiro atoms. The highest BCUT2D eigenvalue weighted by Crippen LogP contribution is 2.32. The lowest BCUT2D eigenvalue weighted by Crippen LogP contribution is -2.76. The van der Waals surface area contributed by atoms with Gasteiger partial charge in [-0.1, -0.05) is 146 Å². The van der Waals surface area contributed by atoms with E-state index >= 15 is 0 Å². The first-order chi connectivity index (χ1) is 25.3. The normalized spacial score (nSPS) is 11.9. The van der Waals surface area contributed by atoms with Crippen LogP contribution in [0.3, 0.4) is 0 Å². The fourth-order valence-electron chi connectivity index (χ4n) is 8.12. The lowest BCUT2D eigenvalue weighted by molar-refractivity contribution is 1.09. The maximum atomic E-state index is 5.69. The van der Waals surface area contributed by atoms with Crippen molar-refractivity contribution in [2.24, 2.45) is 0 Å². The molecule has 0 saturated heterocycles. The van der Waals surface area contributed by atoms with E-state index < -0.39 is 8.07 Å². The van der Waals surface area contributed by atoms with Crippen LogP contribution in [0, 0.1) is 0 Å². The molecule has 0 fully saturated rings. The number of para-hydroxylation sites is 4. The number of nitrogens with zero attached hydrogens (tertiary/aromatic N) is 4. The molecule has 51 heavy (non-hydrogen) atoms. The highest BCUT2D eigenvalue weighted by molar-refractivity contribution is 7.19. The lowest BCUT2D eigenvalue weighted by Gasteiger charge is -2.32. The highest BCUT2D eigenvalue weighted by Gasteiger charge is 2.45. The summed E-state index contributed by atoms with van der Waals surface area (Å²) in [7, 11) is -3.11. The molecule has 0 bridgehead atoms. The van der Waals surface area contributed by atoms with Crippen molar-refractivity contribution in [3.63, 3.8) is 0 Å². The van der Waals surface area contributed by atoms with E-state index in [2.05, 4.69) is 203 Å². The molecule has 0 saturated carbocycles. The van der Waals surface area contributed by atoms with Gasteiger partial charge in [0, 0.05) is 32.2 Å². The van der Waals surface area contributed by atoms with Gasteiger partial charge in [-0.15, -0.1) is 0 Å². The predicted molar refractivity (Wildman–Crippen MR) is 214 cm³/mol. The first-order valence-corrected chi connectivity index (χ1v) is 19.4. The van der Waals surface area contributed by atoms with Crippen LogP contribution in [-0.2, 0) is 0 Å². The first kappa shape index (κ1) is 29.4. The number of aromatic nitrogens is 4. The van der Waals surface area contributed by atoms with E-state index in [1.807, 2.05) is 0 Å². The van der Waals surface area contributed by atoms with Crippen molar-refractivity contribution >= 4 is 72.7 Å². The van der Waals surface area contributed by atoms with Gasteiger partial charge in [0.2, 0.25) is 8.07 Å². The maximum absolute atomic E-state index is 5.69. The molecular formula is C46H32N4Si. The van der Waals surface area contributed by atoms with Crippen molar-refractivity contribution in [1.82, 2.24) is 19.1 Å². The summed E-state index contributed by atoms with van der Waals surface area (Å²) in [6.45, 7) is 0. The Labute approximate surface area is 296 Å². The molecule has 0 N–H and O–H groups in total. The summed E-state index contributed by atoms with van der Waals surface area (Å²) in [5.41, 5.74) is 4.56. The first-order valence-electron chi connectivity index (χ1n) is 17.4. The van der Waals surface area contributed by atoms with Gasteiger partial charge < -0.3 is 0 Å². The van der Waals surface area contributed by atoms with Crippen molar-refractivity contribution in [2.75, 3.05) is 0 Å². The van der Waals surface area contributed by atoms with Gasteiger partial charge in [-0.25, -0.2) is 9.97 Å². The standard InChI is InChI=1S/C46H32N4Si/c1-3-17-33(18-4-1)51(34-19-5-2-6-20-34,45-31-15-29-43(47-45)49-39-25-11-7-21-35(39)36-22-8-12-26-40(36)49)46-32-16-30-44(48-46)50-41-27-13-9-23-37(41)38-24-10-14-28-42(38)50/h1-32H. The summed E-state index contributed by atoms with van der Waals surface area (Å²) in [6, 6.07) is 69.4. The van der Waals surface area contributed by atoms with Crippen molar-refractivity contribution in [3.05, 3.63) is 194 Å². The molecular weight excluding hydrogens is 637 g/mol. The van der Waals surface area contributed by atoms with Gasteiger partial charge in [-0.3, -0.25) is 9.13 Å². The Morgan fingerprint density at radius 1 is 0.294 bits per heavy atom. The van der Waals surface area contributed by atoms with Gasteiger partial charge >= 0.3 is 0 Å². The topological polar surface area (TPSA) is 35.6 Å². The zero-order valence-electron chi connectivity index (χ0n) is 27.8. The molecule has 0 aliphatic heterocycles. The Bertz CT molecular complexity index is 2570. The Hall–Kier alpha value is -6.56. The van der Waals surface area contributed by atoms with Gasteiger partial charge in [0.15, 0.2) is 0 Å². The van der Waals surface area contributed by atoms with Crippen molar-refractivity contribution in [3.8, 4) is 11.6 Å². The summed E-state index contributed by atoms with van der Waals surface area (Å²) < 4.78 is 4.62. The summed E-state index contributed by atoms with van der Waals surface area (Å²) in [4.78, 5) is 11.4. The van der Waals surface area contributed by atoms with E-state index in [4.69, 9.17) is 9.97 Å². The van der Waals surface area contributed by atoms with Gasteiger partial charge in [-0.2, -0.15) is 0 Å². The van der Waals surface area contributed by atoms with Crippen LogP contribution in [0.4, 0.5) is 0 Å². The van der Waals surface area contributed by atoms with Gasteiger partial charge in [0.1, 0.15) is 11.6 Å². The van der Waals surface area contributed by atoms with Crippen molar-refractivity contribution in [1.29, 1.82) is 0 Å². The zero-order valence-corrected chi connectivity index (χ0v) is 28.8. The average molecular weight is 669 g/mol. The van der Waals surface area contributed by atoms with Crippen LogP contribution in [0.2, 0.25) is 0 Å². The van der Waals surface area contributed by atoms with E-state index in [9.17, 15) is 0 Å². The molecule has 0 aliphatic carbocycles. The molecule has 6 aromatic carbocycles. The zero-order chi connectivity index (χ0) is 33.8. The van der Waals surface area contributed by atoms with Gasteiger partial charge in [-0.05, 0) is 58.9 Å². The monoisotopic (exact) mass is 668 g/mol. The number of hydrogen-bond donors (Lipinski definition) is 0. The second-order valence-corrected chi connectivity index (χ2v) is 16.7. The van der Waals surface area contributed by atoms with Crippen LogP contribution < -0.4 is 21.0 Å². The Balaban J connectivity index is 1.29. The van der Waals surface area contributed by atoms with Crippen LogP contribution in [0.15, 0.2) is 194 Å². The molecule has 5 heteroatoms. The number of fused-ring (bicyclic) bond motifs is 6. The molecule has 4 aromatic heterocycles. The molecule has 10 rings (SSSR count). The third-order valence-electron chi connectivity index (χ3n) is 10.3. The number of rotatable bonds is 6. The van der Waals surface area contributed by atoms with E-state index in [1.54, 1.807) is 0 Å². The minimum Gasteiger partial charge on any atom is -0.294 e. The van der Waals surface area contributed by atoms with Crippen molar-refractivity contribution < 1.29 is 0 Å². The second-order valence-electron chi connectivity index (χ2n) is 13.0. The van der Waals surface area contributed by atoms with E-state index in [0.29, 0.717) is 0 Å². The average Bonchev–Trinajstić information content (AvgIpc) is 3.73. The largest absolute Gasteiger partial charge is 0.294 e. The Morgan fingerprint density at radius 2 is 0.608 bits per heavy atom. The molecule has 0 unspecified atom stereocenters. The molecule has 0 radical (unpaired) electrons. The maximum Gasteiger partial charge on any atom is 0.223 e. The van der Waals surface area contributed by atoms with Gasteiger partial charge in [0.25, 0.3) is 0 Å². The van der Waals surface area contributed by atoms with E-state index in [1.165, 1.54) is 31.9 Å². The predicted octanol–water partition coefficient (Wildman–Crippen LogP) is 8.05. The molecule has 0 atom stereocenters. The smallest absolute Gasteiger partial charge is 0.223 e. The summed E-state index contributed by atoms with van der Waals surface area (Å²) in [5.74, 6) is 1.79. The fourth-order valence-corrected chi connectivity index (χ4v) is 12.5. The summed E-state index contributed by atoms with van der Waals surface area (Å²) in [6.07, 6.45) is 0. The Morgan fingerprint density at radius 3 is 0.961 bits per heavy atom. The third kappa shape index (κ3) is 4.45. The summed E-state index contributed by atoms with van der Waals surface area (Å²) in [5, 5.41) is 9.40. The lowest BCUT2D eigenvalue weighted by atomic mass is 10.2. The molecule has 0 aliphatic rings. The second kappa shape index (κ2) is 11.8. The highest BCUT2D eigenvalue weighted by atomic mass is 28.3. The molecule has 240 valence electrons. The Kier molecular flexibility index (Phi) is 6.79. The SMILES string of the molecule is c1ccc([Si](c2ccccc2)(c2cccc(-n3c4ccccc4c4ccccc43)n2)c2cccc(-n3c4ccccc4c4ccccc43)n2)cc1. The van der Waals surface area contributed by atoms with Crippen LogP contribution >= 0.6 is 0 Å². The minimum atomic E-state index is -3.11. The van der Waals surface area contributed by atoms with Crippen molar-refractivity contribution in [2.45, 2.75) is 0 Å². The van der Waals surface area contributed by atoms with Crippen LogP contribution in [0.5, 0.6) is 0 Å². The molecule has 4 nitrogen and oxygen atoms in total. The minimum absolute atomic E-state index is 0.896. The summed E-state index contributed by atoms with van der Waals surface area (Å²) >= 11 is 0. The third-order valence-corrected chi connectivity index (χ3v) is 14.8. The quantitative estimate of drug-likeness (QED) is 0.168. The van der Waals surface area contributed by atoms with E-state index in [-0.39, 0.29) is 0 Å². The van der Waals surface area contributed by atoms with Crippen LogP contribution in [-0.4, -0.2) is 27.2 Å². The van der Waals surface area contributed by atoms with E-state index in [0.717, 1.165) is 44.3 Å². The van der Waals surface area contributed by atoms with Crippen LogP contribution in [0.25, 0.3) is 55.2 Å². The molecule has 4 heterocycles. The number of benzene rings is 6.